The fourth-order valence-electron chi connectivity index (χ4n) is 3.49. The molecule has 0 bridgehead atoms. The third-order valence-electron chi connectivity index (χ3n) is 5.06. The van der Waals surface area contributed by atoms with Crippen LogP contribution < -0.4 is 4.74 Å². The van der Waals surface area contributed by atoms with Gasteiger partial charge >= 0.3 is 0 Å². The summed E-state index contributed by atoms with van der Waals surface area (Å²) in [6, 6.07) is 14.5. The summed E-state index contributed by atoms with van der Waals surface area (Å²) < 4.78 is 8.13. The molecule has 0 amide bonds. The van der Waals surface area contributed by atoms with E-state index in [9.17, 15) is 4.79 Å². The second-order valence-electron chi connectivity index (χ2n) is 8.08. The molecule has 0 fully saturated rings. The first-order valence-electron chi connectivity index (χ1n) is 9.66. The number of Topliss-reactive ketones (excluding diaryl/α,β-unsaturated/α-hetero) is 1. The summed E-state index contributed by atoms with van der Waals surface area (Å²) in [5, 5.41) is 1.04. The van der Waals surface area contributed by atoms with E-state index in [1.54, 1.807) is 6.92 Å². The summed E-state index contributed by atoms with van der Waals surface area (Å²) in [7, 11) is 0. The van der Waals surface area contributed by atoms with Crippen molar-refractivity contribution in [1.82, 2.24) is 4.57 Å². The molecule has 142 valence electrons. The minimum Gasteiger partial charge on any atom is -0.492 e. The number of para-hydroxylation sites is 1. The highest BCUT2D eigenvalue weighted by Crippen LogP contribution is 2.27. The molecule has 0 aliphatic carbocycles. The van der Waals surface area contributed by atoms with Crippen molar-refractivity contribution in [3.8, 4) is 5.75 Å². The number of carbonyl (C=O) groups is 1. The Kier molecular flexibility index (Phi) is 5.41. The molecule has 3 aromatic rings. The summed E-state index contributed by atoms with van der Waals surface area (Å²) in [4.78, 5) is 12.0. The third kappa shape index (κ3) is 4.08. The van der Waals surface area contributed by atoms with Crippen LogP contribution in [0.1, 0.15) is 56.1 Å². The average Bonchev–Trinajstić information content (AvgIpc) is 3.01. The number of hydrogen-bond acceptors (Lipinski definition) is 2. The Balaban J connectivity index is 1.78. The number of rotatable bonds is 6. The topological polar surface area (TPSA) is 31.2 Å². The van der Waals surface area contributed by atoms with Crippen LogP contribution >= 0.6 is 0 Å². The number of nitrogens with zero attached hydrogens (tertiary/aromatic N) is 1. The van der Waals surface area contributed by atoms with Crippen LogP contribution in [0.3, 0.4) is 0 Å². The molecule has 0 N–H and O–H groups in total. The van der Waals surface area contributed by atoms with Crippen LogP contribution in [0.2, 0.25) is 0 Å². The molecular formula is C24H29NO2. The molecule has 0 aliphatic heterocycles. The van der Waals surface area contributed by atoms with E-state index in [1.165, 1.54) is 11.1 Å². The Labute approximate surface area is 162 Å². The van der Waals surface area contributed by atoms with Crippen LogP contribution in [-0.4, -0.2) is 17.0 Å². The molecule has 3 heteroatoms. The number of ketones is 1. The smallest absolute Gasteiger partial charge is 0.161 e. The van der Waals surface area contributed by atoms with E-state index in [0.717, 1.165) is 28.6 Å². The second kappa shape index (κ2) is 7.59. The molecule has 0 atom stereocenters. The van der Waals surface area contributed by atoms with E-state index in [2.05, 4.69) is 50.5 Å². The first-order valence-corrected chi connectivity index (χ1v) is 9.66. The molecule has 27 heavy (non-hydrogen) atoms. The monoisotopic (exact) mass is 363 g/mol. The second-order valence-corrected chi connectivity index (χ2v) is 8.08. The Morgan fingerprint density at radius 1 is 1.07 bits per heavy atom. The summed E-state index contributed by atoms with van der Waals surface area (Å²) in [6.07, 6.45) is 2.91. The maximum absolute atomic E-state index is 12.0. The van der Waals surface area contributed by atoms with Crippen molar-refractivity contribution in [3.05, 3.63) is 65.4 Å². The molecule has 3 rings (SSSR count). The van der Waals surface area contributed by atoms with Gasteiger partial charge in [-0.15, -0.1) is 0 Å². The highest BCUT2D eigenvalue weighted by Gasteiger charge is 2.15. The molecule has 0 saturated carbocycles. The molecule has 0 aliphatic rings. The van der Waals surface area contributed by atoms with Crippen LogP contribution in [0.15, 0.2) is 48.7 Å². The molecule has 1 aromatic heterocycles. The highest BCUT2D eigenvalue weighted by atomic mass is 16.5. The molecule has 1 heterocycles. The van der Waals surface area contributed by atoms with Gasteiger partial charge in [0.25, 0.3) is 0 Å². The van der Waals surface area contributed by atoms with Crippen molar-refractivity contribution in [2.45, 2.75) is 53.0 Å². The first kappa shape index (κ1) is 19.2. The van der Waals surface area contributed by atoms with Gasteiger partial charge < -0.3 is 9.30 Å². The third-order valence-corrected chi connectivity index (χ3v) is 5.06. The zero-order valence-corrected chi connectivity index (χ0v) is 17.0. The van der Waals surface area contributed by atoms with E-state index in [4.69, 9.17) is 4.74 Å². The minimum absolute atomic E-state index is 0.102. The van der Waals surface area contributed by atoms with Crippen molar-refractivity contribution < 1.29 is 9.53 Å². The van der Waals surface area contributed by atoms with Gasteiger partial charge in [0.1, 0.15) is 12.4 Å². The van der Waals surface area contributed by atoms with Gasteiger partial charge in [-0.05, 0) is 42.0 Å². The molecule has 3 nitrogen and oxygen atoms in total. The highest BCUT2D eigenvalue weighted by molar-refractivity contribution is 6.07. The van der Waals surface area contributed by atoms with E-state index in [1.807, 2.05) is 30.5 Å². The maximum atomic E-state index is 12.0. The number of aryl methyl sites for hydroxylation is 1. The van der Waals surface area contributed by atoms with Gasteiger partial charge in [0, 0.05) is 17.1 Å². The largest absolute Gasteiger partial charge is 0.492 e. The number of fused-ring (bicyclic) bond motifs is 1. The Bertz CT molecular complexity index is 943. The summed E-state index contributed by atoms with van der Waals surface area (Å²) in [5.41, 5.74) is 4.63. The van der Waals surface area contributed by atoms with E-state index in [0.29, 0.717) is 13.2 Å². The van der Waals surface area contributed by atoms with Gasteiger partial charge in [0.15, 0.2) is 5.78 Å². The lowest BCUT2D eigenvalue weighted by molar-refractivity contribution is 0.101. The van der Waals surface area contributed by atoms with Gasteiger partial charge in [-0.3, -0.25) is 4.79 Å². The molecule has 2 aromatic carbocycles. The van der Waals surface area contributed by atoms with Gasteiger partial charge in [-0.1, -0.05) is 58.0 Å². The fourth-order valence-corrected chi connectivity index (χ4v) is 3.49. The SMILES string of the molecule is CCc1cccc2c(C(C)=O)cn(CCOc3ccc(C(C)(C)C)cc3)c12. The number of hydrogen-bond donors (Lipinski definition) is 0. The normalized spacial score (nSPS) is 11.7. The standard InChI is InChI=1S/C24H29NO2/c1-6-18-8-7-9-21-22(17(2)26)16-25(23(18)21)14-15-27-20-12-10-19(11-13-20)24(3,4)5/h7-13,16H,6,14-15H2,1-5H3. The number of ether oxygens (including phenoxy) is 1. The van der Waals surface area contributed by atoms with E-state index in [-0.39, 0.29) is 11.2 Å². The van der Waals surface area contributed by atoms with Gasteiger partial charge in [-0.25, -0.2) is 0 Å². The Hall–Kier alpha value is -2.55. The first-order chi connectivity index (χ1) is 12.8. The predicted octanol–water partition coefficient (Wildman–Crippen LogP) is 5.78. The van der Waals surface area contributed by atoms with Gasteiger partial charge in [0.05, 0.1) is 12.1 Å². The minimum atomic E-state index is 0.102. The summed E-state index contributed by atoms with van der Waals surface area (Å²) in [5.74, 6) is 0.979. The molecule has 0 saturated heterocycles. The quantitative estimate of drug-likeness (QED) is 0.520. The number of aromatic nitrogens is 1. The lowest BCUT2D eigenvalue weighted by Crippen LogP contribution is -2.11. The Morgan fingerprint density at radius 2 is 1.78 bits per heavy atom. The van der Waals surface area contributed by atoms with Crippen LogP contribution in [-0.2, 0) is 18.4 Å². The number of carbonyl (C=O) groups excluding carboxylic acids is 1. The van der Waals surface area contributed by atoms with Crippen LogP contribution in [0, 0.1) is 0 Å². The maximum Gasteiger partial charge on any atom is 0.161 e. The van der Waals surface area contributed by atoms with Gasteiger partial charge in [-0.2, -0.15) is 0 Å². The average molecular weight is 364 g/mol. The van der Waals surface area contributed by atoms with Crippen molar-refractivity contribution in [2.75, 3.05) is 6.61 Å². The lowest BCUT2D eigenvalue weighted by Gasteiger charge is -2.19. The zero-order valence-electron chi connectivity index (χ0n) is 17.0. The van der Waals surface area contributed by atoms with Crippen molar-refractivity contribution in [3.63, 3.8) is 0 Å². The van der Waals surface area contributed by atoms with Crippen molar-refractivity contribution in [2.24, 2.45) is 0 Å². The van der Waals surface area contributed by atoms with Crippen molar-refractivity contribution >= 4 is 16.7 Å². The van der Waals surface area contributed by atoms with E-state index >= 15 is 0 Å². The number of benzene rings is 2. The fraction of sp³-hybridized carbons (Fsp3) is 0.375. The zero-order chi connectivity index (χ0) is 19.6. The predicted molar refractivity (Wildman–Crippen MR) is 112 cm³/mol. The summed E-state index contributed by atoms with van der Waals surface area (Å²) in [6.45, 7) is 11.7. The Morgan fingerprint density at radius 3 is 2.37 bits per heavy atom. The van der Waals surface area contributed by atoms with E-state index < -0.39 is 0 Å². The molecular weight excluding hydrogens is 334 g/mol. The molecule has 0 spiro atoms. The van der Waals surface area contributed by atoms with Gasteiger partial charge in [0.2, 0.25) is 0 Å². The van der Waals surface area contributed by atoms with Crippen LogP contribution in [0.4, 0.5) is 0 Å². The molecule has 0 radical (unpaired) electrons. The lowest BCUT2D eigenvalue weighted by atomic mass is 9.87. The van der Waals surface area contributed by atoms with Crippen LogP contribution in [0.25, 0.3) is 10.9 Å². The van der Waals surface area contributed by atoms with Crippen molar-refractivity contribution in [1.29, 1.82) is 0 Å². The summed E-state index contributed by atoms with van der Waals surface area (Å²) >= 11 is 0. The van der Waals surface area contributed by atoms with Crippen LogP contribution in [0.5, 0.6) is 5.75 Å². The molecule has 0 unspecified atom stereocenters.